The van der Waals surface area contributed by atoms with E-state index < -0.39 is 24.7 Å². The first-order chi connectivity index (χ1) is 13.9. The Morgan fingerprint density at radius 3 is 1.90 bits per heavy atom. The number of carbonyl (C=O) groups is 1. The van der Waals surface area contributed by atoms with Gasteiger partial charge in [0.05, 0.1) is 6.61 Å². The second kappa shape index (κ2) is 10.2. The third kappa shape index (κ3) is 8.71. The van der Waals surface area contributed by atoms with Crippen molar-refractivity contribution in [3.63, 3.8) is 0 Å². The number of hydrogen-bond acceptors (Lipinski definition) is 3. The molecule has 1 unspecified atom stereocenters. The summed E-state index contributed by atoms with van der Waals surface area (Å²) >= 11 is 0. The van der Waals surface area contributed by atoms with Crippen LogP contribution in [-0.4, -0.2) is 37.1 Å². The Hall–Kier alpha value is -1.48. The molecule has 0 heterocycles. The molecule has 0 saturated heterocycles. The van der Waals surface area contributed by atoms with Crippen LogP contribution in [0.5, 0.6) is 5.75 Å². The minimum atomic E-state index is -1.72. The minimum Gasteiger partial charge on any atom is -0.494 e. The van der Waals surface area contributed by atoms with Crippen molar-refractivity contribution in [2.24, 2.45) is 0 Å². The van der Waals surface area contributed by atoms with Crippen molar-refractivity contribution in [3.8, 4) is 5.75 Å². The lowest BCUT2D eigenvalue weighted by molar-refractivity contribution is 0.103. The summed E-state index contributed by atoms with van der Waals surface area (Å²) in [6.45, 7) is 17.4. The summed E-state index contributed by atoms with van der Waals surface area (Å²) in [5.74, 6) is 0.859. The predicted molar refractivity (Wildman–Crippen MR) is 135 cm³/mol. The maximum Gasteiger partial charge on any atom is 0.193 e. The van der Waals surface area contributed by atoms with Gasteiger partial charge < -0.3 is 8.85 Å². The maximum atomic E-state index is 12.5. The van der Waals surface area contributed by atoms with Crippen molar-refractivity contribution >= 4 is 30.5 Å². The Morgan fingerprint density at radius 2 is 1.37 bits per heavy atom. The molecule has 0 aliphatic heterocycles. The summed E-state index contributed by atoms with van der Waals surface area (Å²) in [5.41, 5.74) is 2.70. The molecule has 0 amide bonds. The first-order valence-corrected chi connectivity index (χ1v) is 20.8. The molecule has 164 valence electrons. The summed E-state index contributed by atoms with van der Waals surface area (Å²) < 4.78 is 12.7. The Kier molecular flexibility index (Phi) is 8.44. The molecule has 0 N–H and O–H groups in total. The lowest BCUT2D eigenvalue weighted by atomic mass is 10.0. The molecule has 2 rings (SSSR count). The van der Waals surface area contributed by atoms with Crippen molar-refractivity contribution in [2.75, 3.05) is 6.61 Å². The van der Waals surface area contributed by atoms with E-state index in [1.165, 1.54) is 5.67 Å². The molecule has 0 aromatic heterocycles. The first-order valence-electron chi connectivity index (χ1n) is 10.9. The van der Waals surface area contributed by atoms with Gasteiger partial charge in [-0.25, -0.2) is 0 Å². The summed E-state index contributed by atoms with van der Waals surface area (Å²) in [6.07, 6.45) is 1.02. The number of hydrogen-bond donors (Lipinski definition) is 0. The molecule has 0 aliphatic rings. The lowest BCUT2D eigenvalue weighted by Crippen LogP contribution is -2.49. The molecule has 2 aromatic carbocycles. The van der Waals surface area contributed by atoms with Crippen LogP contribution in [0.3, 0.4) is 0 Å². The fraction of sp³-hybridized carbons (Fsp3) is 0.458. The van der Waals surface area contributed by atoms with Crippen LogP contribution in [0.25, 0.3) is 0 Å². The smallest absolute Gasteiger partial charge is 0.193 e. The molecule has 0 bridgehead atoms. The van der Waals surface area contributed by atoms with E-state index >= 15 is 0 Å². The van der Waals surface area contributed by atoms with Gasteiger partial charge in [0.1, 0.15) is 5.75 Å². The van der Waals surface area contributed by atoms with Crippen LogP contribution in [0.1, 0.15) is 22.3 Å². The standard InChI is InChI=1S/C24H38O3Si3/c1-28(2,3)20-30(7,27-29(4,5)6)19-11-18-26-23-16-14-22(15-17-23)24(25)21-12-9-8-10-13-21/h8-10,12-17H,11,18-20H2,1-7H3. The fourth-order valence-corrected chi connectivity index (χ4v) is 22.0. The number of rotatable bonds is 11. The Labute approximate surface area is 186 Å². The zero-order valence-electron chi connectivity index (χ0n) is 19.7. The molecule has 0 aliphatic carbocycles. The topological polar surface area (TPSA) is 35.5 Å². The van der Waals surface area contributed by atoms with Gasteiger partial charge in [0.15, 0.2) is 22.4 Å². The van der Waals surface area contributed by atoms with Gasteiger partial charge in [-0.3, -0.25) is 4.79 Å². The summed E-state index contributed by atoms with van der Waals surface area (Å²) in [5, 5.41) is 0. The molecule has 0 spiro atoms. The molecule has 30 heavy (non-hydrogen) atoms. The zero-order chi connectivity index (χ0) is 22.4. The fourth-order valence-electron chi connectivity index (χ4n) is 4.13. The van der Waals surface area contributed by atoms with Crippen molar-refractivity contribution in [2.45, 2.75) is 64.0 Å². The molecular weight excluding hydrogens is 421 g/mol. The quantitative estimate of drug-likeness (QED) is 0.207. The van der Waals surface area contributed by atoms with Gasteiger partial charge in [0, 0.05) is 19.2 Å². The molecule has 1 atom stereocenters. The van der Waals surface area contributed by atoms with Crippen LogP contribution in [0.4, 0.5) is 0 Å². The van der Waals surface area contributed by atoms with Crippen LogP contribution >= 0.6 is 0 Å². The average Bonchev–Trinajstić information content (AvgIpc) is 2.63. The molecule has 0 fully saturated rings. The van der Waals surface area contributed by atoms with Crippen LogP contribution in [-0.2, 0) is 4.12 Å². The van der Waals surface area contributed by atoms with Gasteiger partial charge in [0.2, 0.25) is 0 Å². The van der Waals surface area contributed by atoms with E-state index in [0.29, 0.717) is 17.7 Å². The third-order valence-corrected chi connectivity index (χ3v) is 17.8. The van der Waals surface area contributed by atoms with Gasteiger partial charge in [-0.05, 0) is 68.6 Å². The number of benzene rings is 2. The van der Waals surface area contributed by atoms with E-state index in [1.807, 2.05) is 54.6 Å². The molecule has 2 aromatic rings. The highest BCUT2D eigenvalue weighted by molar-refractivity contribution is 6.96. The van der Waals surface area contributed by atoms with Crippen molar-refractivity contribution in [1.29, 1.82) is 0 Å². The van der Waals surface area contributed by atoms with E-state index in [4.69, 9.17) is 8.85 Å². The normalized spacial score (nSPS) is 14.2. The number of ketones is 1. The summed E-state index contributed by atoms with van der Waals surface area (Å²) in [4.78, 5) is 12.5. The van der Waals surface area contributed by atoms with Crippen LogP contribution in [0.2, 0.25) is 57.5 Å². The Bertz CT molecular complexity index is 790. The highest BCUT2D eigenvalue weighted by Crippen LogP contribution is 2.29. The van der Waals surface area contributed by atoms with E-state index in [1.54, 1.807) is 0 Å². The van der Waals surface area contributed by atoms with Gasteiger partial charge in [0.25, 0.3) is 0 Å². The average molecular weight is 459 g/mol. The van der Waals surface area contributed by atoms with Crippen LogP contribution in [0, 0.1) is 0 Å². The largest absolute Gasteiger partial charge is 0.494 e. The molecule has 0 saturated carbocycles. The number of carbonyl (C=O) groups excluding carboxylic acids is 1. The van der Waals surface area contributed by atoms with Gasteiger partial charge >= 0.3 is 0 Å². The van der Waals surface area contributed by atoms with Crippen molar-refractivity contribution in [3.05, 3.63) is 65.7 Å². The second-order valence-electron chi connectivity index (χ2n) is 10.6. The number of ether oxygens (including phenoxy) is 1. The third-order valence-electron chi connectivity index (χ3n) is 4.73. The Balaban J connectivity index is 1.90. The zero-order valence-corrected chi connectivity index (χ0v) is 22.7. The highest BCUT2D eigenvalue weighted by Gasteiger charge is 2.37. The molecular formula is C24H38O3Si3. The van der Waals surface area contributed by atoms with Crippen molar-refractivity contribution < 1.29 is 13.6 Å². The Morgan fingerprint density at radius 1 is 0.800 bits per heavy atom. The summed E-state index contributed by atoms with van der Waals surface area (Å²) in [6, 6.07) is 18.0. The second-order valence-corrected chi connectivity index (χ2v) is 25.5. The molecule has 0 radical (unpaired) electrons. The van der Waals surface area contributed by atoms with Crippen LogP contribution < -0.4 is 4.74 Å². The van der Waals surface area contributed by atoms with Crippen molar-refractivity contribution in [1.82, 2.24) is 0 Å². The van der Waals surface area contributed by atoms with Gasteiger partial charge in [-0.2, -0.15) is 0 Å². The van der Waals surface area contributed by atoms with E-state index in [9.17, 15) is 4.79 Å². The molecule has 3 nitrogen and oxygen atoms in total. The monoisotopic (exact) mass is 458 g/mol. The van der Waals surface area contributed by atoms with Gasteiger partial charge in [-0.15, -0.1) is 0 Å². The lowest BCUT2D eigenvalue weighted by Gasteiger charge is -2.38. The van der Waals surface area contributed by atoms with Gasteiger partial charge in [-0.1, -0.05) is 50.0 Å². The predicted octanol–water partition coefficient (Wildman–Crippen LogP) is 6.99. The first kappa shape index (κ1) is 24.8. The molecule has 6 heteroatoms. The van der Waals surface area contributed by atoms with E-state index in [2.05, 4.69) is 45.8 Å². The van der Waals surface area contributed by atoms with E-state index in [-0.39, 0.29) is 5.78 Å². The minimum absolute atomic E-state index is 0.0405. The SMILES string of the molecule is C[Si](C)(C)C[Si](C)(CCCOc1ccc(C(=O)c2ccccc2)cc1)O[Si](C)(C)C. The van der Waals surface area contributed by atoms with Crippen LogP contribution in [0.15, 0.2) is 54.6 Å². The van der Waals surface area contributed by atoms with E-state index in [0.717, 1.165) is 18.2 Å². The summed E-state index contributed by atoms with van der Waals surface area (Å²) in [7, 11) is -4.45. The highest BCUT2D eigenvalue weighted by atomic mass is 28.4. The maximum absolute atomic E-state index is 12.5.